The van der Waals surface area contributed by atoms with Gasteiger partial charge >= 0.3 is 5.97 Å². The molecule has 0 saturated heterocycles. The molecule has 0 radical (unpaired) electrons. The molecule has 1 heterocycles. The van der Waals surface area contributed by atoms with Gasteiger partial charge in [-0.3, -0.25) is 4.79 Å². The summed E-state index contributed by atoms with van der Waals surface area (Å²) in [5.74, 6) is -1.52. The van der Waals surface area contributed by atoms with Gasteiger partial charge in [0, 0.05) is 19.1 Å². The van der Waals surface area contributed by atoms with E-state index in [0.29, 0.717) is 43.3 Å². The van der Waals surface area contributed by atoms with E-state index in [9.17, 15) is 24.6 Å². The molecule has 0 bridgehead atoms. The first kappa shape index (κ1) is 25.9. The molecule has 0 spiro atoms. The van der Waals surface area contributed by atoms with Gasteiger partial charge in [-0.1, -0.05) is 0 Å². The SMILES string of the molecule is CC(=O)N1CCOc2ccc(OCC(O)C[NH2+]C(C)(C)C)cc21.O=C([O-])/C=C/C(=O)O. The number of benzene rings is 1. The molecular weight excluding hydrogens is 408 g/mol. The highest BCUT2D eigenvalue weighted by atomic mass is 16.5. The fraction of sp³-hybridized carbons (Fsp3) is 0.476. The molecule has 1 aromatic rings. The molecule has 1 amide bonds. The highest BCUT2D eigenvalue weighted by Gasteiger charge is 2.22. The minimum atomic E-state index is -1.51. The Morgan fingerprint density at radius 1 is 1.32 bits per heavy atom. The number of nitrogens with two attached hydrogens (primary N) is 1. The molecular formula is C21H30N2O8. The van der Waals surface area contributed by atoms with Crippen LogP contribution in [0, 0.1) is 0 Å². The Kier molecular flexibility index (Phi) is 9.97. The molecule has 2 rings (SSSR count). The minimum Gasteiger partial charge on any atom is -0.545 e. The predicted octanol–water partition coefficient (Wildman–Crippen LogP) is -1.09. The van der Waals surface area contributed by atoms with Crippen molar-refractivity contribution in [2.75, 3.05) is 31.2 Å². The number of carboxylic acids is 2. The number of anilines is 1. The van der Waals surface area contributed by atoms with Crippen molar-refractivity contribution in [3.05, 3.63) is 30.4 Å². The van der Waals surface area contributed by atoms with Crippen LogP contribution in [0.3, 0.4) is 0 Å². The summed E-state index contributed by atoms with van der Waals surface area (Å²) < 4.78 is 11.2. The molecule has 0 saturated carbocycles. The maximum Gasteiger partial charge on any atom is 0.328 e. The highest BCUT2D eigenvalue weighted by Crippen LogP contribution is 2.35. The van der Waals surface area contributed by atoms with Gasteiger partial charge in [0.05, 0.1) is 23.7 Å². The van der Waals surface area contributed by atoms with E-state index < -0.39 is 18.0 Å². The predicted molar refractivity (Wildman–Crippen MR) is 110 cm³/mol. The van der Waals surface area contributed by atoms with Crippen LogP contribution in [0.15, 0.2) is 30.4 Å². The van der Waals surface area contributed by atoms with Crippen LogP contribution >= 0.6 is 0 Å². The summed E-state index contributed by atoms with van der Waals surface area (Å²) in [6, 6.07) is 5.38. The normalized spacial score (nSPS) is 14.0. The largest absolute Gasteiger partial charge is 0.545 e. The number of aliphatic carboxylic acids is 2. The first-order valence-corrected chi connectivity index (χ1v) is 9.71. The quantitative estimate of drug-likeness (QED) is 0.454. The fourth-order valence-electron chi connectivity index (χ4n) is 2.50. The number of amides is 1. The molecule has 0 fully saturated rings. The van der Waals surface area contributed by atoms with E-state index in [0.717, 1.165) is 5.69 Å². The zero-order chi connectivity index (χ0) is 23.6. The van der Waals surface area contributed by atoms with Crippen molar-refractivity contribution in [2.45, 2.75) is 39.3 Å². The van der Waals surface area contributed by atoms with Gasteiger partial charge < -0.3 is 39.8 Å². The van der Waals surface area contributed by atoms with Crippen molar-refractivity contribution in [1.82, 2.24) is 0 Å². The lowest BCUT2D eigenvalue weighted by atomic mass is 10.1. The van der Waals surface area contributed by atoms with Gasteiger partial charge in [-0.25, -0.2) is 4.79 Å². The maximum absolute atomic E-state index is 11.7. The number of hydrogen-bond acceptors (Lipinski definition) is 7. The molecule has 31 heavy (non-hydrogen) atoms. The molecule has 10 nitrogen and oxygen atoms in total. The van der Waals surface area contributed by atoms with Gasteiger partial charge in [0.2, 0.25) is 5.91 Å². The van der Waals surface area contributed by atoms with Crippen LogP contribution in [0.4, 0.5) is 5.69 Å². The first-order chi connectivity index (χ1) is 14.4. The number of rotatable bonds is 7. The molecule has 1 atom stereocenters. The molecule has 0 aromatic heterocycles. The lowest BCUT2D eigenvalue weighted by Crippen LogP contribution is -2.96. The van der Waals surface area contributed by atoms with E-state index in [2.05, 4.69) is 26.1 Å². The maximum atomic E-state index is 11.7. The molecule has 172 valence electrons. The van der Waals surface area contributed by atoms with Gasteiger partial charge in [-0.15, -0.1) is 0 Å². The smallest absolute Gasteiger partial charge is 0.328 e. The molecule has 10 heteroatoms. The number of fused-ring (bicyclic) bond motifs is 1. The van der Waals surface area contributed by atoms with Crippen LogP contribution in [-0.4, -0.2) is 66.0 Å². The second-order valence-electron chi connectivity index (χ2n) is 7.91. The Hall–Kier alpha value is -3.11. The van der Waals surface area contributed by atoms with Gasteiger partial charge in [0.15, 0.2) is 0 Å². The Balaban J connectivity index is 0.000000512. The van der Waals surface area contributed by atoms with Gasteiger partial charge in [-0.2, -0.15) is 0 Å². The van der Waals surface area contributed by atoms with E-state index >= 15 is 0 Å². The third-order valence-electron chi connectivity index (χ3n) is 3.98. The number of carbonyl (C=O) groups excluding carboxylic acids is 2. The molecule has 1 aliphatic rings. The first-order valence-electron chi connectivity index (χ1n) is 9.71. The number of quaternary nitrogens is 1. The second kappa shape index (κ2) is 11.9. The topological polar surface area (TPSA) is 153 Å². The fourth-order valence-corrected chi connectivity index (χ4v) is 2.50. The number of aliphatic hydroxyl groups is 1. The minimum absolute atomic E-state index is 0.0217. The zero-order valence-corrected chi connectivity index (χ0v) is 18.2. The molecule has 1 aliphatic heterocycles. The standard InChI is InChI=1S/C17H26N2O4.C4H4O4/c1-12(20)19-7-8-22-16-6-5-14(9-15(16)19)23-11-13(21)10-18-17(2,3)4;5-3(6)1-2-4(7)8/h5-6,9,13,18,21H,7-8,10-11H2,1-4H3;1-2H,(H,5,6)(H,7,8)/b;2-1+. The van der Waals surface area contributed by atoms with Gasteiger partial charge in [0.1, 0.15) is 37.4 Å². The summed E-state index contributed by atoms with van der Waals surface area (Å²) in [6.45, 7) is 9.66. The third-order valence-corrected chi connectivity index (χ3v) is 3.98. The van der Waals surface area contributed by atoms with E-state index in [1.54, 1.807) is 23.1 Å². The summed E-state index contributed by atoms with van der Waals surface area (Å²) in [4.78, 5) is 32.3. The van der Waals surface area contributed by atoms with Crippen molar-refractivity contribution in [3.63, 3.8) is 0 Å². The number of carbonyl (C=O) groups is 3. The number of ether oxygens (including phenoxy) is 2. The Labute approximate surface area is 181 Å². The number of hydrogen-bond donors (Lipinski definition) is 3. The Bertz CT molecular complexity index is 785. The number of carboxylic acid groups (broad SMARTS) is 2. The Morgan fingerprint density at radius 2 is 2.00 bits per heavy atom. The van der Waals surface area contributed by atoms with E-state index in [1.807, 2.05) is 0 Å². The zero-order valence-electron chi connectivity index (χ0n) is 18.2. The van der Waals surface area contributed by atoms with Crippen LogP contribution in [0.2, 0.25) is 0 Å². The van der Waals surface area contributed by atoms with Crippen LogP contribution in [0.5, 0.6) is 11.5 Å². The van der Waals surface area contributed by atoms with Gasteiger partial charge in [-0.05, 0) is 39.0 Å². The highest BCUT2D eigenvalue weighted by molar-refractivity contribution is 5.93. The average molecular weight is 438 g/mol. The van der Waals surface area contributed by atoms with Crippen LogP contribution < -0.4 is 24.8 Å². The third kappa shape index (κ3) is 10.5. The van der Waals surface area contributed by atoms with E-state index in [4.69, 9.17) is 14.6 Å². The van der Waals surface area contributed by atoms with Gasteiger partial charge in [0.25, 0.3) is 0 Å². The number of aliphatic hydroxyl groups excluding tert-OH is 1. The lowest BCUT2D eigenvalue weighted by molar-refractivity contribution is -0.722. The van der Waals surface area contributed by atoms with Crippen molar-refractivity contribution in [2.24, 2.45) is 0 Å². The van der Waals surface area contributed by atoms with Crippen LogP contribution in [0.1, 0.15) is 27.7 Å². The van der Waals surface area contributed by atoms with Crippen molar-refractivity contribution in [3.8, 4) is 11.5 Å². The summed E-state index contributed by atoms with van der Waals surface area (Å²) in [5.41, 5.74) is 0.795. The average Bonchev–Trinajstić information content (AvgIpc) is 2.68. The molecule has 1 aromatic carbocycles. The second-order valence-corrected chi connectivity index (χ2v) is 7.91. The Morgan fingerprint density at radius 3 is 2.52 bits per heavy atom. The monoisotopic (exact) mass is 438 g/mol. The summed E-state index contributed by atoms with van der Waals surface area (Å²) >= 11 is 0. The summed E-state index contributed by atoms with van der Waals surface area (Å²) in [5, 5.41) is 29.3. The molecule has 4 N–H and O–H groups in total. The van der Waals surface area contributed by atoms with Crippen molar-refractivity contribution < 1.29 is 44.5 Å². The summed E-state index contributed by atoms with van der Waals surface area (Å²) in [6.07, 6.45) is 0.392. The van der Waals surface area contributed by atoms with Crippen molar-refractivity contribution in [1.29, 1.82) is 0 Å². The lowest BCUT2D eigenvalue weighted by Gasteiger charge is -2.29. The van der Waals surface area contributed by atoms with E-state index in [1.165, 1.54) is 6.92 Å². The molecule has 1 unspecified atom stereocenters. The van der Waals surface area contributed by atoms with Crippen LogP contribution in [-0.2, 0) is 14.4 Å². The molecule has 0 aliphatic carbocycles. The van der Waals surface area contributed by atoms with E-state index in [-0.39, 0.29) is 18.1 Å². The van der Waals surface area contributed by atoms with Crippen molar-refractivity contribution >= 4 is 23.5 Å². The summed E-state index contributed by atoms with van der Waals surface area (Å²) in [7, 11) is 0. The number of nitrogens with zero attached hydrogens (tertiary/aromatic N) is 1. The van der Waals surface area contributed by atoms with Crippen LogP contribution in [0.25, 0.3) is 0 Å².